The Labute approximate surface area is 141 Å². The van der Waals surface area contributed by atoms with Crippen molar-refractivity contribution in [1.29, 1.82) is 0 Å². The van der Waals surface area contributed by atoms with E-state index in [-0.39, 0.29) is 12.4 Å². The summed E-state index contributed by atoms with van der Waals surface area (Å²) in [4.78, 5) is 0. The van der Waals surface area contributed by atoms with E-state index >= 15 is 0 Å². The summed E-state index contributed by atoms with van der Waals surface area (Å²) in [5, 5.41) is 0. The largest absolute Gasteiger partial charge is 1.00 e. The molecule has 0 spiro atoms. The maximum absolute atomic E-state index is 2.37. The molecule has 0 saturated heterocycles. The Kier molecular flexibility index (Phi) is 18.1. The molecule has 0 amide bonds. The molecule has 0 aliphatic heterocycles. The molecule has 0 fully saturated rings. The Bertz CT molecular complexity index is 218. The predicted octanol–water partition coefficient (Wildman–Crippen LogP) is 2.95. The van der Waals surface area contributed by atoms with E-state index in [1.165, 1.54) is 77.0 Å². The Morgan fingerprint density at radius 2 is 1.05 bits per heavy atom. The number of nitrogens with zero attached hydrogens (tertiary/aromatic N) is 1. The van der Waals surface area contributed by atoms with Gasteiger partial charge in [-0.25, -0.2) is 0 Å². The molecule has 2 heteroatoms. The van der Waals surface area contributed by atoms with Crippen LogP contribution in [0.2, 0.25) is 0 Å². The summed E-state index contributed by atoms with van der Waals surface area (Å²) < 4.78 is 1.04. The first kappa shape index (κ1) is 23.3. The molecule has 0 saturated carbocycles. The number of hydrogen-bond acceptors (Lipinski definition) is 0. The molecule has 0 bridgehead atoms. The second kappa shape index (κ2) is 16.4. The molecule has 0 radical (unpaired) electrons. The molecule has 0 rings (SSSR count). The van der Waals surface area contributed by atoms with Gasteiger partial charge in [0, 0.05) is 0 Å². The van der Waals surface area contributed by atoms with E-state index in [1.54, 1.807) is 0 Å². The molecule has 0 unspecified atom stereocenters. The minimum Gasteiger partial charge on any atom is -1.00 e. The monoisotopic (exact) mass is 317 g/mol. The van der Waals surface area contributed by atoms with Crippen LogP contribution in [-0.2, 0) is 0 Å². The predicted molar refractivity (Wildman–Crippen MR) is 93.1 cm³/mol. The van der Waals surface area contributed by atoms with Crippen molar-refractivity contribution >= 4 is 0 Å². The van der Waals surface area contributed by atoms with Gasteiger partial charge in [0.2, 0.25) is 0 Å². The first-order valence-corrected chi connectivity index (χ1v) is 9.01. The molecular formula is C19H40ClN. The van der Waals surface area contributed by atoms with Gasteiger partial charge in [0.05, 0.1) is 27.7 Å². The van der Waals surface area contributed by atoms with E-state index in [1.807, 2.05) is 0 Å². The number of hydrogen-bond donors (Lipinski definition) is 0. The van der Waals surface area contributed by atoms with E-state index < -0.39 is 0 Å². The van der Waals surface area contributed by atoms with Crippen LogP contribution in [-0.4, -0.2) is 32.2 Å². The van der Waals surface area contributed by atoms with Gasteiger partial charge in [0.25, 0.3) is 0 Å². The van der Waals surface area contributed by atoms with Gasteiger partial charge in [-0.05, 0) is 18.9 Å². The standard InChI is InChI=1S/C19H40N.ClH/c1-5-6-7-8-9-10-11-12-13-14-15-16-17-18-19-20(2,3)4;/h17-18H,5-16,19H2,1-4H3;1H/q+1;/p-1. The zero-order valence-electron chi connectivity index (χ0n) is 15.2. The molecule has 21 heavy (non-hydrogen) atoms. The quantitative estimate of drug-likeness (QED) is 0.262. The molecule has 0 N–H and O–H groups in total. The average molecular weight is 318 g/mol. The molecule has 0 heterocycles. The molecule has 0 aromatic heterocycles. The maximum atomic E-state index is 2.37. The lowest BCUT2D eigenvalue weighted by molar-refractivity contribution is -0.864. The number of halogens is 1. The number of quaternary nitrogens is 1. The smallest absolute Gasteiger partial charge is 0.0967 e. The fourth-order valence-corrected chi connectivity index (χ4v) is 2.44. The zero-order chi connectivity index (χ0) is 15.1. The van der Waals surface area contributed by atoms with Crippen molar-refractivity contribution in [2.45, 2.75) is 84.0 Å². The lowest BCUT2D eigenvalue weighted by Gasteiger charge is -2.21. The minimum absolute atomic E-state index is 0. The first-order chi connectivity index (χ1) is 9.56. The van der Waals surface area contributed by atoms with E-state index in [9.17, 15) is 0 Å². The van der Waals surface area contributed by atoms with Crippen molar-refractivity contribution in [3.63, 3.8) is 0 Å². The van der Waals surface area contributed by atoms with Crippen LogP contribution in [0.4, 0.5) is 0 Å². The second-order valence-electron chi connectivity index (χ2n) is 7.27. The van der Waals surface area contributed by atoms with Crippen LogP contribution in [0.1, 0.15) is 84.0 Å². The van der Waals surface area contributed by atoms with Crippen LogP contribution >= 0.6 is 0 Å². The highest BCUT2D eigenvalue weighted by Crippen LogP contribution is 2.12. The Morgan fingerprint density at radius 1 is 0.619 bits per heavy atom. The van der Waals surface area contributed by atoms with E-state index in [0.29, 0.717) is 0 Å². The highest BCUT2D eigenvalue weighted by molar-refractivity contribution is 4.81. The van der Waals surface area contributed by atoms with Gasteiger partial charge >= 0.3 is 0 Å². The highest BCUT2D eigenvalue weighted by Gasteiger charge is 2.01. The summed E-state index contributed by atoms with van der Waals surface area (Å²) >= 11 is 0. The fourth-order valence-electron chi connectivity index (χ4n) is 2.44. The zero-order valence-corrected chi connectivity index (χ0v) is 15.9. The van der Waals surface area contributed by atoms with Crippen molar-refractivity contribution < 1.29 is 16.9 Å². The summed E-state index contributed by atoms with van der Waals surface area (Å²) in [6, 6.07) is 0. The van der Waals surface area contributed by atoms with Gasteiger partial charge in [-0.15, -0.1) is 0 Å². The number of likely N-dealkylation sites (N-methyl/N-ethyl adjacent to an activating group) is 1. The minimum atomic E-state index is 0. The van der Waals surface area contributed by atoms with E-state index in [2.05, 4.69) is 40.2 Å². The Balaban J connectivity index is 0. The molecule has 0 atom stereocenters. The van der Waals surface area contributed by atoms with Crippen molar-refractivity contribution in [2.75, 3.05) is 27.7 Å². The average Bonchev–Trinajstić information content (AvgIpc) is 2.38. The van der Waals surface area contributed by atoms with Crippen LogP contribution < -0.4 is 12.4 Å². The topological polar surface area (TPSA) is 0 Å². The van der Waals surface area contributed by atoms with Crippen molar-refractivity contribution in [2.24, 2.45) is 0 Å². The van der Waals surface area contributed by atoms with Gasteiger partial charge in [-0.1, -0.05) is 77.2 Å². The lowest BCUT2D eigenvalue weighted by Crippen LogP contribution is -3.00. The normalized spacial score (nSPS) is 11.8. The van der Waals surface area contributed by atoms with Crippen molar-refractivity contribution in [3.8, 4) is 0 Å². The third-order valence-corrected chi connectivity index (χ3v) is 3.79. The van der Waals surface area contributed by atoms with Crippen molar-refractivity contribution in [1.82, 2.24) is 0 Å². The molecule has 0 aromatic carbocycles. The number of unbranched alkanes of at least 4 members (excludes halogenated alkanes) is 11. The van der Waals surface area contributed by atoms with Gasteiger partial charge in [0.1, 0.15) is 0 Å². The van der Waals surface area contributed by atoms with Gasteiger partial charge < -0.3 is 16.9 Å². The Hall–Kier alpha value is -0.0100. The lowest BCUT2D eigenvalue weighted by atomic mass is 10.1. The molecule has 0 aliphatic carbocycles. The third kappa shape index (κ3) is 22.4. The van der Waals surface area contributed by atoms with Gasteiger partial charge in [0.15, 0.2) is 0 Å². The third-order valence-electron chi connectivity index (χ3n) is 3.79. The first-order valence-electron chi connectivity index (χ1n) is 9.01. The number of rotatable bonds is 14. The summed E-state index contributed by atoms with van der Waals surface area (Å²) in [5.74, 6) is 0. The summed E-state index contributed by atoms with van der Waals surface area (Å²) in [7, 11) is 6.73. The van der Waals surface area contributed by atoms with Crippen LogP contribution in [0.15, 0.2) is 12.2 Å². The second-order valence-corrected chi connectivity index (χ2v) is 7.27. The summed E-state index contributed by atoms with van der Waals surface area (Å²) in [6.45, 7) is 3.44. The molecular weight excluding hydrogens is 278 g/mol. The van der Waals surface area contributed by atoms with Crippen LogP contribution in [0.3, 0.4) is 0 Å². The SMILES string of the molecule is CCCCCCCCCCCCCC=CC[N+](C)(C)C.[Cl-]. The summed E-state index contributed by atoms with van der Waals surface area (Å²) in [5.41, 5.74) is 0. The fraction of sp³-hybridized carbons (Fsp3) is 0.895. The van der Waals surface area contributed by atoms with Gasteiger partial charge in [-0.2, -0.15) is 0 Å². The molecule has 0 aromatic rings. The maximum Gasteiger partial charge on any atom is 0.0967 e. The summed E-state index contributed by atoms with van der Waals surface area (Å²) in [6.07, 6.45) is 21.8. The Morgan fingerprint density at radius 3 is 1.48 bits per heavy atom. The van der Waals surface area contributed by atoms with Crippen molar-refractivity contribution in [3.05, 3.63) is 12.2 Å². The van der Waals surface area contributed by atoms with E-state index in [4.69, 9.17) is 0 Å². The van der Waals surface area contributed by atoms with E-state index in [0.717, 1.165) is 11.0 Å². The van der Waals surface area contributed by atoms with Crippen LogP contribution in [0.25, 0.3) is 0 Å². The van der Waals surface area contributed by atoms with Gasteiger partial charge in [-0.3, -0.25) is 0 Å². The highest BCUT2D eigenvalue weighted by atomic mass is 35.5. The van der Waals surface area contributed by atoms with Crippen LogP contribution in [0, 0.1) is 0 Å². The van der Waals surface area contributed by atoms with Crippen LogP contribution in [0.5, 0.6) is 0 Å². The molecule has 128 valence electrons. The molecule has 1 nitrogen and oxygen atoms in total. The number of allylic oxidation sites excluding steroid dienone is 1. The molecule has 0 aliphatic rings.